The molecule has 0 heterocycles. The summed E-state index contributed by atoms with van der Waals surface area (Å²) >= 11 is 0. The maximum atomic E-state index is 10.5. The molecule has 12 heavy (non-hydrogen) atoms. The van der Waals surface area contributed by atoms with Gasteiger partial charge in [0.15, 0.2) is 0 Å². The van der Waals surface area contributed by atoms with Crippen LogP contribution in [-0.2, 0) is 4.79 Å². The summed E-state index contributed by atoms with van der Waals surface area (Å²) in [4.78, 5) is 10.5. The monoisotopic (exact) mass is 166 g/mol. The summed E-state index contributed by atoms with van der Waals surface area (Å²) in [6.45, 7) is 1.76. The number of allylic oxidation sites excluding steroid dienone is 4. The van der Waals surface area contributed by atoms with Crippen LogP contribution >= 0.6 is 0 Å². The van der Waals surface area contributed by atoms with Crippen molar-refractivity contribution in [1.29, 1.82) is 0 Å². The highest BCUT2D eigenvalue weighted by Crippen LogP contribution is 2.20. The number of carboxylic acids is 1. The second-order valence-electron chi connectivity index (χ2n) is 3.28. The van der Waals surface area contributed by atoms with Gasteiger partial charge in [0.1, 0.15) is 0 Å². The van der Waals surface area contributed by atoms with Crippen LogP contribution in [0.4, 0.5) is 0 Å². The molecule has 0 aromatic heterocycles. The fourth-order valence-electron chi connectivity index (χ4n) is 1.36. The van der Waals surface area contributed by atoms with Crippen molar-refractivity contribution in [2.75, 3.05) is 0 Å². The maximum Gasteiger partial charge on any atom is 0.306 e. The molecule has 0 radical (unpaired) electrons. The van der Waals surface area contributed by atoms with Crippen LogP contribution in [0.15, 0.2) is 24.3 Å². The number of aliphatic carboxylic acids is 1. The summed E-state index contributed by atoms with van der Waals surface area (Å²) in [5.74, 6) is -0.509. The second kappa shape index (κ2) is 4.10. The Morgan fingerprint density at radius 1 is 1.67 bits per heavy atom. The third-order valence-electron chi connectivity index (χ3n) is 2.15. The van der Waals surface area contributed by atoms with Crippen LogP contribution in [0.25, 0.3) is 0 Å². The van der Waals surface area contributed by atoms with Gasteiger partial charge in [-0.2, -0.15) is 0 Å². The summed E-state index contributed by atoms with van der Waals surface area (Å²) in [5, 5.41) is 8.67. The molecule has 0 aromatic rings. The Hall–Kier alpha value is -1.05. The number of hydrogen-bond acceptors (Lipinski definition) is 1. The highest BCUT2D eigenvalue weighted by Gasteiger charge is 2.15. The van der Waals surface area contributed by atoms with Crippen LogP contribution in [0, 0.1) is 11.8 Å². The summed E-state index contributed by atoms with van der Waals surface area (Å²) in [6, 6.07) is 0. The van der Waals surface area contributed by atoms with E-state index < -0.39 is 5.97 Å². The number of rotatable bonds is 3. The van der Waals surface area contributed by atoms with Crippen molar-refractivity contribution in [2.45, 2.75) is 19.8 Å². The molecule has 1 N–H and O–H groups in total. The lowest BCUT2D eigenvalue weighted by Crippen LogP contribution is -2.13. The molecule has 0 fully saturated rings. The molecule has 2 unspecified atom stereocenters. The van der Waals surface area contributed by atoms with Crippen LogP contribution in [0.2, 0.25) is 0 Å². The summed E-state index contributed by atoms with van der Waals surface area (Å²) in [5.41, 5.74) is 0. The third kappa shape index (κ3) is 2.53. The largest absolute Gasteiger partial charge is 0.481 e. The smallest absolute Gasteiger partial charge is 0.306 e. The van der Waals surface area contributed by atoms with Gasteiger partial charge in [-0.1, -0.05) is 31.2 Å². The van der Waals surface area contributed by atoms with Crippen molar-refractivity contribution in [2.24, 2.45) is 11.8 Å². The molecule has 2 atom stereocenters. The summed E-state index contributed by atoms with van der Waals surface area (Å²) in [7, 11) is 0. The fraction of sp³-hybridized carbons (Fsp3) is 0.500. The molecule has 0 bridgehead atoms. The zero-order chi connectivity index (χ0) is 8.97. The van der Waals surface area contributed by atoms with Gasteiger partial charge in [0.2, 0.25) is 0 Å². The average Bonchev–Trinajstić information content (AvgIpc) is 2.06. The van der Waals surface area contributed by atoms with Gasteiger partial charge in [0.25, 0.3) is 0 Å². The third-order valence-corrected chi connectivity index (χ3v) is 2.15. The van der Waals surface area contributed by atoms with Gasteiger partial charge in [0, 0.05) is 0 Å². The molecule has 1 aliphatic carbocycles. The predicted molar refractivity (Wildman–Crippen MR) is 47.8 cm³/mol. The lowest BCUT2D eigenvalue weighted by atomic mass is 9.91. The van der Waals surface area contributed by atoms with Gasteiger partial charge in [0.05, 0.1) is 5.92 Å². The second-order valence-corrected chi connectivity index (χ2v) is 3.28. The molecular formula is C10H14O2. The van der Waals surface area contributed by atoms with Crippen LogP contribution in [0.1, 0.15) is 19.8 Å². The summed E-state index contributed by atoms with van der Waals surface area (Å²) in [6.07, 6.45) is 9.88. The first-order valence-electron chi connectivity index (χ1n) is 4.26. The van der Waals surface area contributed by atoms with E-state index in [0.717, 1.165) is 12.8 Å². The van der Waals surface area contributed by atoms with Crippen molar-refractivity contribution in [1.82, 2.24) is 0 Å². The van der Waals surface area contributed by atoms with E-state index in [2.05, 4.69) is 12.2 Å². The molecule has 1 aliphatic rings. The molecule has 2 heteroatoms. The van der Waals surface area contributed by atoms with Crippen molar-refractivity contribution < 1.29 is 9.90 Å². The molecule has 0 saturated carbocycles. The maximum absolute atomic E-state index is 10.5. The first-order valence-corrected chi connectivity index (χ1v) is 4.26. The van der Waals surface area contributed by atoms with E-state index in [9.17, 15) is 4.79 Å². The Balaban J connectivity index is 2.36. The highest BCUT2D eigenvalue weighted by molar-refractivity contribution is 5.69. The molecule has 1 rings (SSSR count). The van der Waals surface area contributed by atoms with Gasteiger partial charge in [-0.25, -0.2) is 0 Å². The van der Waals surface area contributed by atoms with E-state index in [1.807, 2.05) is 12.2 Å². The van der Waals surface area contributed by atoms with Gasteiger partial charge >= 0.3 is 5.97 Å². The van der Waals surface area contributed by atoms with Crippen molar-refractivity contribution >= 4 is 5.97 Å². The predicted octanol–water partition coefficient (Wildman–Crippen LogP) is 2.23. The van der Waals surface area contributed by atoms with Gasteiger partial charge in [-0.15, -0.1) is 0 Å². The van der Waals surface area contributed by atoms with Crippen molar-refractivity contribution in [3.8, 4) is 0 Å². The lowest BCUT2D eigenvalue weighted by Gasteiger charge is -2.14. The van der Waals surface area contributed by atoms with Crippen LogP contribution in [0.3, 0.4) is 0 Å². The normalized spacial score (nSPS) is 23.9. The van der Waals surface area contributed by atoms with E-state index in [0.29, 0.717) is 5.92 Å². The van der Waals surface area contributed by atoms with E-state index in [1.165, 1.54) is 0 Å². The van der Waals surface area contributed by atoms with E-state index in [-0.39, 0.29) is 5.92 Å². The van der Waals surface area contributed by atoms with Gasteiger partial charge in [-0.3, -0.25) is 4.79 Å². The Labute approximate surface area is 72.6 Å². The topological polar surface area (TPSA) is 37.3 Å². The molecule has 0 saturated heterocycles. The number of carboxylic acid groups (broad SMARTS) is 1. The van der Waals surface area contributed by atoms with Gasteiger partial charge in [-0.05, 0) is 18.8 Å². The van der Waals surface area contributed by atoms with Gasteiger partial charge < -0.3 is 5.11 Å². The Morgan fingerprint density at radius 3 is 2.92 bits per heavy atom. The first kappa shape index (κ1) is 9.04. The quantitative estimate of drug-likeness (QED) is 0.698. The van der Waals surface area contributed by atoms with E-state index >= 15 is 0 Å². The first-order chi connectivity index (χ1) is 5.70. The zero-order valence-electron chi connectivity index (χ0n) is 7.23. The molecular weight excluding hydrogens is 152 g/mol. The van der Waals surface area contributed by atoms with Crippen LogP contribution in [-0.4, -0.2) is 11.1 Å². The Bertz CT molecular complexity index is 216. The van der Waals surface area contributed by atoms with Crippen molar-refractivity contribution in [3.05, 3.63) is 24.3 Å². The molecule has 0 aromatic carbocycles. The molecule has 0 amide bonds. The number of hydrogen-bond donors (Lipinski definition) is 1. The Kier molecular flexibility index (Phi) is 3.09. The van der Waals surface area contributed by atoms with E-state index in [4.69, 9.17) is 5.11 Å². The van der Waals surface area contributed by atoms with Crippen LogP contribution < -0.4 is 0 Å². The molecule has 66 valence electrons. The van der Waals surface area contributed by atoms with E-state index in [1.54, 1.807) is 6.92 Å². The van der Waals surface area contributed by atoms with Crippen LogP contribution in [0.5, 0.6) is 0 Å². The zero-order valence-corrected chi connectivity index (χ0v) is 7.23. The molecule has 0 spiro atoms. The average molecular weight is 166 g/mol. The summed E-state index contributed by atoms with van der Waals surface area (Å²) < 4.78 is 0. The minimum atomic E-state index is -0.696. The lowest BCUT2D eigenvalue weighted by molar-refractivity contribution is -0.141. The van der Waals surface area contributed by atoms with Crippen molar-refractivity contribution in [3.63, 3.8) is 0 Å². The molecule has 2 nitrogen and oxygen atoms in total. The molecule has 0 aliphatic heterocycles. The fourth-order valence-corrected chi connectivity index (χ4v) is 1.36. The Morgan fingerprint density at radius 2 is 2.42 bits per heavy atom. The highest BCUT2D eigenvalue weighted by atomic mass is 16.4. The minimum absolute atomic E-state index is 0.230. The number of carbonyl (C=O) groups is 1. The SMILES string of the molecule is CC(CC1C=CC=CC1)C(=O)O. The standard InChI is InChI=1S/C10H14O2/c1-8(10(11)12)7-9-5-3-2-4-6-9/h2-5,8-9H,6-7H2,1H3,(H,11,12). The minimum Gasteiger partial charge on any atom is -0.481 e.